The van der Waals surface area contributed by atoms with Gasteiger partial charge in [-0.1, -0.05) is 49.5 Å². The van der Waals surface area contributed by atoms with E-state index in [-0.39, 0.29) is 54.8 Å². The van der Waals surface area contributed by atoms with Gasteiger partial charge in [-0.3, -0.25) is 19.2 Å². The molecule has 3 heterocycles. The van der Waals surface area contributed by atoms with Gasteiger partial charge in [-0.2, -0.15) is 0 Å². The van der Waals surface area contributed by atoms with Crippen LogP contribution in [0.1, 0.15) is 58.0 Å². The number of aliphatic hydroxyl groups is 1. The van der Waals surface area contributed by atoms with Crippen molar-refractivity contribution in [3.8, 4) is 5.75 Å². The largest absolute Gasteiger partial charge is 0.497 e. The van der Waals surface area contributed by atoms with Crippen molar-refractivity contribution in [3.05, 3.63) is 138 Å². The Morgan fingerprint density at radius 2 is 1.43 bits per heavy atom. The molecule has 0 bridgehead atoms. The third-order valence-electron chi connectivity index (χ3n) is 13.3. The summed E-state index contributed by atoms with van der Waals surface area (Å²) < 4.78 is 12.8. The minimum Gasteiger partial charge on any atom is -0.497 e. The van der Waals surface area contributed by atoms with Crippen molar-refractivity contribution in [3.63, 3.8) is 0 Å². The van der Waals surface area contributed by atoms with Crippen molar-refractivity contribution in [2.24, 2.45) is 5.92 Å². The number of methoxy groups -OCH3 is 1. The number of nitrogen functional groups attached to an aromatic ring is 2. The van der Waals surface area contributed by atoms with Gasteiger partial charge in [-0.15, -0.1) is 0 Å². The van der Waals surface area contributed by atoms with Crippen molar-refractivity contribution >= 4 is 65.3 Å². The monoisotopic (exact) mass is 866 g/mol. The van der Waals surface area contributed by atoms with Gasteiger partial charge in [0.05, 0.1) is 52.6 Å². The van der Waals surface area contributed by atoms with E-state index in [1.807, 2.05) is 36.4 Å². The van der Waals surface area contributed by atoms with Crippen LogP contribution in [0.4, 0.5) is 28.4 Å². The van der Waals surface area contributed by atoms with Gasteiger partial charge in [0.25, 0.3) is 17.7 Å². The molecular formula is C49H54N6O7Si. The maximum atomic E-state index is 15.6. The first-order chi connectivity index (χ1) is 30.2. The predicted molar refractivity (Wildman–Crippen MR) is 248 cm³/mol. The Bertz CT molecular complexity index is 2520. The standard InChI is InChI=1S/C49H54N6O7Si/c1-30-45(63(3,4)40-22-20-39(61-2)21-23-40)43(27-44(57)54-25-5-6-38(54)29-56)62-49(30)41-26-37(53-47(59)33-11-15-35(51)16-12-33)19-24-42(41)55(48(49)60)28-31-7-17-36(18-8-31)52-46(58)32-9-13-34(50)14-10-32/h7-24,26,30,38,43,45,56H,5-6,25,27-29,50-51H2,1-4H3,(H,52,58)(H,53,59)/t30-,38-,43+,45-,49+/m0/s1. The molecule has 5 aromatic rings. The lowest BCUT2D eigenvalue weighted by Crippen LogP contribution is -2.52. The molecule has 2 fully saturated rings. The van der Waals surface area contributed by atoms with E-state index in [0.717, 1.165) is 29.3 Å². The normalized spacial score (nSPS) is 21.7. The lowest BCUT2D eigenvalue weighted by atomic mass is 9.82. The number of nitrogens with two attached hydrogens (primary N) is 2. The fourth-order valence-corrected chi connectivity index (χ4v) is 14.0. The highest BCUT2D eigenvalue weighted by Gasteiger charge is 2.66. The van der Waals surface area contributed by atoms with Crippen molar-refractivity contribution in [2.45, 2.75) is 69.1 Å². The molecule has 0 saturated carbocycles. The SMILES string of the molecule is COc1ccc([Si](C)(C)[C@@H]2[C@@H](CC(=O)N3CCC[C@H]3CO)O[C@]3(C(=O)N(Cc4ccc(NC(=O)c5ccc(N)cc5)cc4)c4ccc(NC(=O)c5ccc(N)cc5)cc43)[C@H]2C)cc1. The van der Waals surface area contributed by atoms with E-state index in [4.69, 9.17) is 20.9 Å². The number of ether oxygens (including phenoxy) is 2. The number of aliphatic hydroxyl groups excluding tert-OH is 1. The van der Waals surface area contributed by atoms with Gasteiger partial charge in [-0.25, -0.2) is 0 Å². The highest BCUT2D eigenvalue weighted by molar-refractivity contribution is 6.91. The van der Waals surface area contributed by atoms with E-state index in [1.54, 1.807) is 83.6 Å². The summed E-state index contributed by atoms with van der Waals surface area (Å²) in [6, 6.07) is 33.9. The first-order valence-electron chi connectivity index (χ1n) is 21.4. The molecule has 0 unspecified atom stereocenters. The van der Waals surface area contributed by atoms with Gasteiger partial charge >= 0.3 is 0 Å². The molecule has 13 nitrogen and oxygen atoms in total. The Morgan fingerprint density at radius 3 is 2.02 bits per heavy atom. The smallest absolute Gasteiger partial charge is 0.264 e. The Morgan fingerprint density at radius 1 is 0.841 bits per heavy atom. The van der Waals surface area contributed by atoms with Gasteiger partial charge in [0.2, 0.25) is 5.91 Å². The number of rotatable bonds is 12. The summed E-state index contributed by atoms with van der Waals surface area (Å²) in [7, 11) is -0.979. The molecule has 63 heavy (non-hydrogen) atoms. The molecule has 14 heteroatoms. The van der Waals surface area contributed by atoms with Crippen LogP contribution in [0.15, 0.2) is 115 Å². The first-order valence-corrected chi connectivity index (χ1v) is 24.4. The summed E-state index contributed by atoms with van der Waals surface area (Å²) in [5.41, 5.74) is 15.1. The zero-order valence-corrected chi connectivity index (χ0v) is 37.0. The number of nitrogens with zero attached hydrogens (tertiary/aromatic N) is 2. The highest BCUT2D eigenvalue weighted by Crippen LogP contribution is 2.60. The molecule has 0 radical (unpaired) electrons. The maximum absolute atomic E-state index is 15.6. The number of hydrogen-bond acceptors (Lipinski definition) is 9. The number of nitrogens with one attached hydrogen (secondary N) is 2. The number of carbonyl (C=O) groups is 4. The van der Waals surface area contributed by atoms with E-state index >= 15 is 4.79 Å². The van der Waals surface area contributed by atoms with Crippen LogP contribution in [-0.2, 0) is 26.5 Å². The van der Waals surface area contributed by atoms with Gasteiger partial charge in [-0.05, 0) is 115 Å². The van der Waals surface area contributed by atoms with Crippen molar-refractivity contribution < 1.29 is 33.8 Å². The summed E-state index contributed by atoms with van der Waals surface area (Å²) in [6.45, 7) is 7.20. The molecule has 4 amide bonds. The Labute approximate surface area is 368 Å². The molecule has 0 aliphatic carbocycles. The van der Waals surface area contributed by atoms with Crippen molar-refractivity contribution in [1.29, 1.82) is 0 Å². The average molecular weight is 867 g/mol. The highest BCUT2D eigenvalue weighted by atomic mass is 28.3. The summed E-state index contributed by atoms with van der Waals surface area (Å²) in [5, 5.41) is 17.2. The zero-order chi connectivity index (χ0) is 44.6. The van der Waals surface area contributed by atoms with Crippen LogP contribution in [0.3, 0.4) is 0 Å². The van der Waals surface area contributed by atoms with Crippen LogP contribution in [0, 0.1) is 5.92 Å². The summed E-state index contributed by atoms with van der Waals surface area (Å²) in [4.78, 5) is 59.8. The number of hydrogen-bond donors (Lipinski definition) is 5. The summed E-state index contributed by atoms with van der Waals surface area (Å²) in [6.07, 6.45) is 0.926. The molecule has 0 aromatic heterocycles. The van der Waals surface area contributed by atoms with E-state index in [0.29, 0.717) is 51.7 Å². The minimum atomic E-state index is -2.61. The first kappa shape index (κ1) is 43.2. The molecule has 5 atom stereocenters. The van der Waals surface area contributed by atoms with Crippen LogP contribution in [0.5, 0.6) is 5.75 Å². The van der Waals surface area contributed by atoms with Crippen LogP contribution in [0.2, 0.25) is 18.6 Å². The molecule has 1 spiro atoms. The van der Waals surface area contributed by atoms with Gasteiger partial charge in [0, 0.05) is 51.9 Å². The Balaban J connectivity index is 1.17. The number of carbonyl (C=O) groups excluding carboxylic acids is 4. The second-order valence-corrected chi connectivity index (χ2v) is 22.1. The number of benzene rings is 5. The second kappa shape index (κ2) is 17.4. The van der Waals surface area contributed by atoms with E-state index in [2.05, 4.69) is 42.8 Å². The quantitative estimate of drug-likeness (QED) is 0.0689. The fraction of sp³-hybridized carbons (Fsp3) is 0.306. The van der Waals surface area contributed by atoms with Gasteiger partial charge in [0.1, 0.15) is 5.75 Å². The molecule has 7 N–H and O–H groups in total. The van der Waals surface area contributed by atoms with E-state index in [9.17, 15) is 19.5 Å². The molecule has 3 aliphatic heterocycles. The lowest BCUT2D eigenvalue weighted by molar-refractivity contribution is -0.150. The van der Waals surface area contributed by atoms with Gasteiger partial charge in [0.15, 0.2) is 5.60 Å². The topological polar surface area (TPSA) is 190 Å². The van der Waals surface area contributed by atoms with Crippen LogP contribution in [-0.4, -0.2) is 74.1 Å². The van der Waals surface area contributed by atoms with E-state index < -0.39 is 25.7 Å². The minimum absolute atomic E-state index is 0.0412. The molecule has 3 aliphatic rings. The molecular weight excluding hydrogens is 813 g/mol. The van der Waals surface area contributed by atoms with Crippen LogP contribution in [0.25, 0.3) is 0 Å². The third kappa shape index (κ3) is 8.17. The second-order valence-electron chi connectivity index (χ2n) is 17.4. The van der Waals surface area contributed by atoms with Crippen molar-refractivity contribution in [2.75, 3.05) is 47.3 Å². The van der Waals surface area contributed by atoms with Gasteiger partial charge < -0.3 is 46.5 Å². The molecule has 2 saturated heterocycles. The number of likely N-dealkylation sites (tertiary alicyclic amines) is 1. The van der Waals surface area contributed by atoms with E-state index in [1.165, 1.54) is 0 Å². The Kier molecular flexibility index (Phi) is 11.9. The lowest BCUT2D eigenvalue weighted by Gasteiger charge is -2.37. The number of amides is 4. The number of anilines is 5. The molecule has 5 aromatic carbocycles. The predicted octanol–water partition coefficient (Wildman–Crippen LogP) is 6.50. The summed E-state index contributed by atoms with van der Waals surface area (Å²) in [5.74, 6) is -0.681. The summed E-state index contributed by atoms with van der Waals surface area (Å²) >= 11 is 0. The molecule has 8 rings (SSSR count). The zero-order valence-electron chi connectivity index (χ0n) is 36.0. The molecule has 326 valence electrons. The van der Waals surface area contributed by atoms with Crippen LogP contribution < -0.4 is 36.9 Å². The maximum Gasteiger partial charge on any atom is 0.264 e. The van der Waals surface area contributed by atoms with Crippen LogP contribution >= 0.6 is 0 Å². The van der Waals surface area contributed by atoms with Crippen molar-refractivity contribution in [1.82, 2.24) is 4.90 Å². The third-order valence-corrected chi connectivity index (χ3v) is 17.6. The number of fused-ring (bicyclic) bond motifs is 2. The Hall–Kier alpha value is -6.48. The average Bonchev–Trinajstić information content (AvgIpc) is 3.95. The fourth-order valence-electron chi connectivity index (χ4n) is 9.94.